The smallest absolute Gasteiger partial charge is 0.191 e. The Morgan fingerprint density at radius 3 is 3.00 bits per heavy atom. The first-order chi connectivity index (χ1) is 8.28. The predicted octanol–water partition coefficient (Wildman–Crippen LogP) is 0.680. The van der Waals surface area contributed by atoms with Crippen LogP contribution in [0.3, 0.4) is 0 Å². The van der Waals surface area contributed by atoms with Crippen molar-refractivity contribution in [2.24, 2.45) is 12.0 Å². The van der Waals surface area contributed by atoms with Crippen molar-refractivity contribution < 1.29 is 0 Å². The third kappa shape index (κ3) is 4.09. The lowest BCUT2D eigenvalue weighted by Gasteiger charge is -2.10. The summed E-state index contributed by atoms with van der Waals surface area (Å²) in [5.74, 6) is 0.929. The molecule has 5 heteroatoms. The third-order valence-corrected chi connectivity index (χ3v) is 2.83. The zero-order valence-corrected chi connectivity index (χ0v) is 10.6. The van der Waals surface area contributed by atoms with E-state index in [9.17, 15) is 0 Å². The number of aromatic nitrogens is 2. The summed E-state index contributed by atoms with van der Waals surface area (Å²) in [4.78, 5) is 4.19. The summed E-state index contributed by atoms with van der Waals surface area (Å²) in [5.41, 5.74) is 1.29. The fourth-order valence-electron chi connectivity index (χ4n) is 1.72. The van der Waals surface area contributed by atoms with Gasteiger partial charge in [0.15, 0.2) is 5.96 Å². The van der Waals surface area contributed by atoms with Crippen molar-refractivity contribution in [3.63, 3.8) is 0 Å². The quantitative estimate of drug-likeness (QED) is 0.448. The van der Waals surface area contributed by atoms with E-state index in [0.29, 0.717) is 6.04 Å². The van der Waals surface area contributed by atoms with E-state index in [-0.39, 0.29) is 0 Å². The second-order valence-corrected chi connectivity index (χ2v) is 4.54. The van der Waals surface area contributed by atoms with Gasteiger partial charge in [-0.15, -0.1) is 0 Å². The lowest BCUT2D eigenvalue weighted by molar-refractivity contribution is 0.738. The molecule has 0 bridgehead atoms. The summed E-state index contributed by atoms with van der Waals surface area (Å²) in [6.07, 6.45) is 8.69. The molecule has 2 rings (SSSR count). The van der Waals surface area contributed by atoms with Crippen molar-refractivity contribution in [3.8, 4) is 0 Å². The van der Waals surface area contributed by atoms with Crippen LogP contribution in [0, 0.1) is 0 Å². The molecule has 1 fully saturated rings. The number of aliphatic imine (C=N–C) groups is 1. The van der Waals surface area contributed by atoms with Gasteiger partial charge in [-0.3, -0.25) is 9.67 Å². The molecule has 1 aliphatic carbocycles. The largest absolute Gasteiger partial charge is 0.356 e. The molecule has 1 aliphatic rings. The second-order valence-electron chi connectivity index (χ2n) is 4.54. The first-order valence-corrected chi connectivity index (χ1v) is 6.22. The standard InChI is InChI=1S/C12H21N5/c1-13-12(16-11-5-6-11)14-7-3-4-10-8-15-17(2)9-10/h8-9,11H,3-7H2,1-2H3,(H2,13,14,16). The van der Waals surface area contributed by atoms with Crippen LogP contribution < -0.4 is 10.6 Å². The lowest BCUT2D eigenvalue weighted by atomic mass is 10.2. The molecular weight excluding hydrogens is 214 g/mol. The molecular formula is C12H21N5. The van der Waals surface area contributed by atoms with Crippen LogP contribution >= 0.6 is 0 Å². The lowest BCUT2D eigenvalue weighted by Crippen LogP contribution is -2.39. The number of rotatable bonds is 5. The molecule has 1 heterocycles. The average molecular weight is 235 g/mol. The Hall–Kier alpha value is -1.52. The highest BCUT2D eigenvalue weighted by atomic mass is 15.2. The zero-order valence-electron chi connectivity index (χ0n) is 10.6. The Morgan fingerprint density at radius 1 is 1.59 bits per heavy atom. The molecule has 0 amide bonds. The first-order valence-electron chi connectivity index (χ1n) is 6.22. The van der Waals surface area contributed by atoms with Crippen LogP contribution in [0.25, 0.3) is 0 Å². The number of nitrogens with zero attached hydrogens (tertiary/aromatic N) is 3. The second kappa shape index (κ2) is 5.70. The van der Waals surface area contributed by atoms with Crippen LogP contribution in [0.15, 0.2) is 17.4 Å². The van der Waals surface area contributed by atoms with Crippen molar-refractivity contribution in [1.29, 1.82) is 0 Å². The van der Waals surface area contributed by atoms with E-state index in [4.69, 9.17) is 0 Å². The summed E-state index contributed by atoms with van der Waals surface area (Å²) >= 11 is 0. The van der Waals surface area contributed by atoms with E-state index in [1.807, 2.05) is 25.0 Å². The van der Waals surface area contributed by atoms with E-state index in [2.05, 4.69) is 26.9 Å². The third-order valence-electron chi connectivity index (χ3n) is 2.83. The minimum absolute atomic E-state index is 0.652. The van der Waals surface area contributed by atoms with Crippen molar-refractivity contribution in [1.82, 2.24) is 20.4 Å². The number of aryl methyl sites for hydroxylation is 2. The Bertz CT molecular complexity index is 378. The molecule has 0 atom stereocenters. The molecule has 1 aromatic rings. The van der Waals surface area contributed by atoms with Gasteiger partial charge in [-0.1, -0.05) is 0 Å². The van der Waals surface area contributed by atoms with Gasteiger partial charge < -0.3 is 10.6 Å². The fourth-order valence-corrected chi connectivity index (χ4v) is 1.72. The van der Waals surface area contributed by atoms with Crippen LogP contribution in [0.2, 0.25) is 0 Å². The number of nitrogens with one attached hydrogen (secondary N) is 2. The van der Waals surface area contributed by atoms with E-state index in [0.717, 1.165) is 25.3 Å². The predicted molar refractivity (Wildman–Crippen MR) is 69.0 cm³/mol. The molecule has 0 radical (unpaired) electrons. The van der Waals surface area contributed by atoms with Gasteiger partial charge in [0, 0.05) is 32.9 Å². The molecule has 94 valence electrons. The Labute approximate surface area is 102 Å². The van der Waals surface area contributed by atoms with E-state index < -0.39 is 0 Å². The van der Waals surface area contributed by atoms with Crippen LogP contribution in [0.5, 0.6) is 0 Å². The van der Waals surface area contributed by atoms with Crippen LogP contribution in [0.4, 0.5) is 0 Å². The summed E-state index contributed by atoms with van der Waals surface area (Å²) < 4.78 is 1.84. The van der Waals surface area contributed by atoms with Gasteiger partial charge in [0.1, 0.15) is 0 Å². The first kappa shape index (κ1) is 12.0. The van der Waals surface area contributed by atoms with Crippen molar-refractivity contribution in [2.75, 3.05) is 13.6 Å². The highest BCUT2D eigenvalue weighted by Gasteiger charge is 2.21. The van der Waals surface area contributed by atoms with Gasteiger partial charge in [0.25, 0.3) is 0 Å². The Morgan fingerprint density at radius 2 is 2.41 bits per heavy atom. The van der Waals surface area contributed by atoms with Crippen molar-refractivity contribution in [2.45, 2.75) is 31.7 Å². The molecule has 1 aromatic heterocycles. The van der Waals surface area contributed by atoms with Crippen LogP contribution in [-0.2, 0) is 13.5 Å². The summed E-state index contributed by atoms with van der Waals surface area (Å²) in [7, 11) is 3.77. The fraction of sp³-hybridized carbons (Fsp3) is 0.667. The maximum atomic E-state index is 4.19. The maximum absolute atomic E-state index is 4.19. The number of hydrogen-bond acceptors (Lipinski definition) is 2. The van der Waals surface area contributed by atoms with Gasteiger partial charge in [-0.2, -0.15) is 5.10 Å². The van der Waals surface area contributed by atoms with Gasteiger partial charge in [0.05, 0.1) is 6.20 Å². The molecule has 17 heavy (non-hydrogen) atoms. The summed E-state index contributed by atoms with van der Waals surface area (Å²) in [6.45, 7) is 0.946. The minimum atomic E-state index is 0.652. The highest BCUT2D eigenvalue weighted by Crippen LogP contribution is 2.18. The van der Waals surface area contributed by atoms with Crippen molar-refractivity contribution in [3.05, 3.63) is 18.0 Å². The number of hydrogen-bond donors (Lipinski definition) is 2. The van der Waals surface area contributed by atoms with Gasteiger partial charge in [-0.25, -0.2) is 0 Å². The van der Waals surface area contributed by atoms with Gasteiger partial charge in [0.2, 0.25) is 0 Å². The van der Waals surface area contributed by atoms with E-state index >= 15 is 0 Å². The SMILES string of the molecule is CN=C(NCCCc1cnn(C)c1)NC1CC1. The topological polar surface area (TPSA) is 54.2 Å². The van der Waals surface area contributed by atoms with E-state index in [1.54, 1.807) is 0 Å². The molecule has 5 nitrogen and oxygen atoms in total. The zero-order chi connectivity index (χ0) is 12.1. The molecule has 1 saturated carbocycles. The minimum Gasteiger partial charge on any atom is -0.356 e. The van der Waals surface area contributed by atoms with Crippen LogP contribution in [-0.4, -0.2) is 35.4 Å². The van der Waals surface area contributed by atoms with Gasteiger partial charge in [-0.05, 0) is 31.2 Å². The molecule has 0 unspecified atom stereocenters. The molecule has 0 aliphatic heterocycles. The summed E-state index contributed by atoms with van der Waals surface area (Å²) in [5, 5.41) is 10.8. The van der Waals surface area contributed by atoms with Crippen LogP contribution in [0.1, 0.15) is 24.8 Å². The normalized spacial score (nSPS) is 16.0. The maximum Gasteiger partial charge on any atom is 0.191 e. The monoisotopic (exact) mass is 235 g/mol. The highest BCUT2D eigenvalue weighted by molar-refractivity contribution is 5.80. The average Bonchev–Trinajstić information content (AvgIpc) is 3.05. The van der Waals surface area contributed by atoms with Gasteiger partial charge >= 0.3 is 0 Å². The summed E-state index contributed by atoms with van der Waals surface area (Å²) in [6, 6.07) is 0.652. The molecule has 2 N–H and O–H groups in total. The van der Waals surface area contributed by atoms with Crippen molar-refractivity contribution >= 4 is 5.96 Å². The number of guanidine groups is 1. The molecule has 0 spiro atoms. The molecule has 0 saturated heterocycles. The Balaban J connectivity index is 1.61. The Kier molecular flexibility index (Phi) is 4.01. The molecule has 0 aromatic carbocycles. The van der Waals surface area contributed by atoms with E-state index in [1.165, 1.54) is 18.4 Å².